The minimum Gasteiger partial charge on any atom is -0.462 e. The standard InChI is InChI=1S/C16H22O4.C2H5B/c1-3-5-11-19-15(17)13-9-7-8-10-14(13)16(18)20-12-6-4-2;1-2-3/h7-10H,3-6,11-12H2,1-2H3;2H,1,3H2. The van der Waals surface area contributed by atoms with Crippen LogP contribution < -0.4 is 0 Å². The van der Waals surface area contributed by atoms with E-state index in [0.717, 1.165) is 25.7 Å². The van der Waals surface area contributed by atoms with Crippen molar-refractivity contribution in [3.8, 4) is 0 Å². The summed E-state index contributed by atoms with van der Waals surface area (Å²) in [7, 11) is 1.89. The molecule has 0 spiro atoms. The SMILES string of the molecule is BC=C.CCCCOC(=O)c1ccccc1C(=O)OCCCC. The maximum absolute atomic E-state index is 11.9. The fourth-order valence-corrected chi connectivity index (χ4v) is 1.61. The normalized spacial score (nSPS) is 9.30. The van der Waals surface area contributed by atoms with Crippen molar-refractivity contribution in [3.63, 3.8) is 0 Å². The topological polar surface area (TPSA) is 52.6 Å². The summed E-state index contributed by atoms with van der Waals surface area (Å²) in [5.41, 5.74) is 0.537. The molecule has 126 valence electrons. The Balaban J connectivity index is 0.00000149. The number of ether oxygens (including phenoxy) is 2. The van der Waals surface area contributed by atoms with Gasteiger partial charge in [0.2, 0.25) is 0 Å². The Morgan fingerprint density at radius 2 is 1.35 bits per heavy atom. The molecule has 0 saturated carbocycles. The van der Waals surface area contributed by atoms with Gasteiger partial charge in [0.25, 0.3) is 0 Å². The van der Waals surface area contributed by atoms with Gasteiger partial charge < -0.3 is 9.47 Å². The number of carbonyl (C=O) groups is 2. The molecule has 0 aliphatic rings. The summed E-state index contributed by atoms with van der Waals surface area (Å²) in [4.78, 5) is 23.9. The van der Waals surface area contributed by atoms with E-state index in [2.05, 4.69) is 6.58 Å². The number of unbranched alkanes of at least 4 members (excludes halogenated alkanes) is 2. The number of esters is 2. The molecule has 0 fully saturated rings. The summed E-state index contributed by atoms with van der Waals surface area (Å²) in [6.07, 6.45) is 3.53. The van der Waals surface area contributed by atoms with E-state index in [0.29, 0.717) is 13.2 Å². The largest absolute Gasteiger partial charge is 0.462 e. The number of rotatable bonds is 8. The maximum atomic E-state index is 11.9. The van der Waals surface area contributed by atoms with Crippen LogP contribution >= 0.6 is 0 Å². The predicted molar refractivity (Wildman–Crippen MR) is 95.6 cm³/mol. The van der Waals surface area contributed by atoms with Gasteiger partial charge in [-0.25, -0.2) is 9.59 Å². The summed E-state index contributed by atoms with van der Waals surface area (Å²) in [6, 6.07) is 6.59. The van der Waals surface area contributed by atoms with Crippen LogP contribution in [0.2, 0.25) is 0 Å². The van der Waals surface area contributed by atoms with Crippen LogP contribution in [-0.4, -0.2) is 33.0 Å². The summed E-state index contributed by atoms with van der Waals surface area (Å²) >= 11 is 0. The molecule has 0 unspecified atom stereocenters. The van der Waals surface area contributed by atoms with Gasteiger partial charge in [0.1, 0.15) is 7.85 Å². The molecule has 0 radical (unpaired) electrons. The van der Waals surface area contributed by atoms with Crippen LogP contribution in [0.25, 0.3) is 0 Å². The third-order valence-electron chi connectivity index (χ3n) is 2.83. The quantitative estimate of drug-likeness (QED) is 0.419. The van der Waals surface area contributed by atoms with Gasteiger partial charge in [-0.2, -0.15) is 0 Å². The Bertz CT molecular complexity index is 445. The van der Waals surface area contributed by atoms with Crippen molar-refractivity contribution in [1.29, 1.82) is 0 Å². The minimum atomic E-state index is -0.471. The highest BCUT2D eigenvalue weighted by Gasteiger charge is 2.18. The van der Waals surface area contributed by atoms with E-state index in [1.165, 1.54) is 0 Å². The molecule has 0 heterocycles. The van der Waals surface area contributed by atoms with E-state index in [-0.39, 0.29) is 11.1 Å². The van der Waals surface area contributed by atoms with Crippen LogP contribution in [-0.2, 0) is 9.47 Å². The number of hydrogen-bond donors (Lipinski definition) is 0. The molecule has 0 saturated heterocycles. The van der Waals surface area contributed by atoms with Gasteiger partial charge in [-0.05, 0) is 25.0 Å². The van der Waals surface area contributed by atoms with Crippen molar-refractivity contribution in [3.05, 3.63) is 47.9 Å². The van der Waals surface area contributed by atoms with Crippen LogP contribution in [0.1, 0.15) is 60.2 Å². The van der Waals surface area contributed by atoms with E-state index in [1.807, 2.05) is 21.7 Å². The summed E-state index contributed by atoms with van der Waals surface area (Å²) < 4.78 is 10.3. The molecular formula is C18H27BO4. The molecule has 4 nitrogen and oxygen atoms in total. The number of carbonyl (C=O) groups excluding carboxylic acids is 2. The lowest BCUT2D eigenvalue weighted by Gasteiger charge is -2.09. The van der Waals surface area contributed by atoms with Gasteiger partial charge in [-0.1, -0.05) is 38.8 Å². The van der Waals surface area contributed by atoms with E-state index >= 15 is 0 Å². The molecule has 0 aromatic heterocycles. The van der Waals surface area contributed by atoms with Gasteiger partial charge in [-0.15, -0.1) is 12.6 Å². The Kier molecular flexibility index (Phi) is 12.4. The lowest BCUT2D eigenvalue weighted by atomic mass is 10.1. The number of benzene rings is 1. The van der Waals surface area contributed by atoms with Gasteiger partial charge in [0, 0.05) is 0 Å². The van der Waals surface area contributed by atoms with Crippen molar-refractivity contribution in [2.24, 2.45) is 0 Å². The molecule has 1 rings (SSSR count). The second-order valence-corrected chi connectivity index (χ2v) is 4.93. The third kappa shape index (κ3) is 8.86. The van der Waals surface area contributed by atoms with Gasteiger partial charge in [0.15, 0.2) is 0 Å². The Hall–Kier alpha value is -2.04. The molecule has 0 aliphatic carbocycles. The van der Waals surface area contributed by atoms with Crippen LogP contribution in [0.4, 0.5) is 0 Å². The van der Waals surface area contributed by atoms with Crippen molar-refractivity contribution in [2.45, 2.75) is 39.5 Å². The van der Waals surface area contributed by atoms with E-state index in [1.54, 1.807) is 30.2 Å². The van der Waals surface area contributed by atoms with Gasteiger partial charge in [-0.3, -0.25) is 0 Å². The lowest BCUT2D eigenvalue weighted by molar-refractivity contribution is 0.0452. The Labute approximate surface area is 140 Å². The van der Waals surface area contributed by atoms with Gasteiger partial charge in [0.05, 0.1) is 24.3 Å². The highest BCUT2D eigenvalue weighted by atomic mass is 16.5. The van der Waals surface area contributed by atoms with Crippen molar-refractivity contribution < 1.29 is 19.1 Å². The molecule has 5 heteroatoms. The zero-order valence-electron chi connectivity index (χ0n) is 14.5. The summed E-state index contributed by atoms with van der Waals surface area (Å²) in [5, 5.41) is 0. The Morgan fingerprint density at radius 1 is 1.00 bits per heavy atom. The molecule has 1 aromatic carbocycles. The third-order valence-corrected chi connectivity index (χ3v) is 2.83. The highest BCUT2D eigenvalue weighted by Crippen LogP contribution is 2.12. The highest BCUT2D eigenvalue weighted by molar-refractivity contribution is 6.16. The molecular weight excluding hydrogens is 291 g/mol. The smallest absolute Gasteiger partial charge is 0.339 e. The molecule has 0 bridgehead atoms. The van der Waals surface area contributed by atoms with Crippen molar-refractivity contribution in [2.75, 3.05) is 13.2 Å². The first-order chi connectivity index (χ1) is 11.1. The van der Waals surface area contributed by atoms with E-state index < -0.39 is 11.9 Å². The maximum Gasteiger partial charge on any atom is 0.339 e. The van der Waals surface area contributed by atoms with Gasteiger partial charge >= 0.3 is 11.9 Å². The lowest BCUT2D eigenvalue weighted by Crippen LogP contribution is -2.14. The fourth-order valence-electron chi connectivity index (χ4n) is 1.61. The van der Waals surface area contributed by atoms with Crippen molar-refractivity contribution in [1.82, 2.24) is 0 Å². The number of hydrogen-bond acceptors (Lipinski definition) is 4. The first kappa shape index (κ1) is 21.0. The van der Waals surface area contributed by atoms with Crippen LogP contribution in [0.5, 0.6) is 0 Å². The molecule has 0 amide bonds. The summed E-state index contributed by atoms with van der Waals surface area (Å²) in [5.74, 6) is 0.808. The molecule has 0 atom stereocenters. The summed E-state index contributed by atoms with van der Waals surface area (Å²) in [6.45, 7) is 8.14. The van der Waals surface area contributed by atoms with Crippen LogP contribution in [0.3, 0.4) is 0 Å². The minimum absolute atomic E-state index is 0.269. The first-order valence-electron chi connectivity index (χ1n) is 8.12. The molecule has 1 aromatic rings. The van der Waals surface area contributed by atoms with E-state index in [9.17, 15) is 9.59 Å². The Morgan fingerprint density at radius 3 is 1.65 bits per heavy atom. The van der Waals surface area contributed by atoms with E-state index in [4.69, 9.17) is 9.47 Å². The fraction of sp³-hybridized carbons (Fsp3) is 0.444. The molecule has 0 N–H and O–H groups in total. The molecule has 23 heavy (non-hydrogen) atoms. The van der Waals surface area contributed by atoms with Crippen LogP contribution in [0, 0.1) is 0 Å². The molecule has 0 aliphatic heterocycles. The second kappa shape index (κ2) is 13.6. The average molecular weight is 318 g/mol. The average Bonchev–Trinajstić information content (AvgIpc) is 2.56. The van der Waals surface area contributed by atoms with Crippen LogP contribution in [0.15, 0.2) is 36.8 Å². The monoisotopic (exact) mass is 318 g/mol. The zero-order valence-corrected chi connectivity index (χ0v) is 14.5. The predicted octanol–water partition coefficient (Wildman–Crippen LogP) is 3.36. The van der Waals surface area contributed by atoms with Crippen molar-refractivity contribution >= 4 is 19.8 Å². The zero-order chi connectivity index (χ0) is 17.5. The first-order valence-corrected chi connectivity index (χ1v) is 8.12. The second-order valence-electron chi connectivity index (χ2n) is 4.93.